The highest BCUT2D eigenvalue weighted by Crippen LogP contribution is 2.47. The molecule has 8 aromatic heterocycles. The van der Waals surface area contributed by atoms with Gasteiger partial charge in [-0.15, -0.1) is 104 Å². The molecule has 0 aromatic carbocycles. The number of unbranched alkanes of at least 4 members (excludes halogenated alkanes) is 18. The van der Waals surface area contributed by atoms with Gasteiger partial charge in [0.2, 0.25) is 0 Å². The van der Waals surface area contributed by atoms with Crippen LogP contribution in [0.25, 0.3) is 69.7 Å². The van der Waals surface area contributed by atoms with E-state index in [9.17, 15) is 30.6 Å². The molecule has 93 heavy (non-hydrogen) atoms. The van der Waals surface area contributed by atoms with E-state index in [1.807, 2.05) is 24.3 Å². The van der Waals surface area contributed by atoms with Crippen molar-refractivity contribution in [1.82, 2.24) is 0 Å². The molecule has 8 nitrogen and oxygen atoms in total. The summed E-state index contributed by atoms with van der Waals surface area (Å²) in [7, 11) is 0. The molecule has 0 aliphatic rings. The summed E-state index contributed by atoms with van der Waals surface area (Å²) in [6.45, 7) is 11.9. The van der Waals surface area contributed by atoms with Crippen molar-refractivity contribution in [3.8, 4) is 94.9 Å². The summed E-state index contributed by atoms with van der Waals surface area (Å²) >= 11 is 13.6. The monoisotopic (exact) mass is 1380 g/mol. The van der Waals surface area contributed by atoms with Gasteiger partial charge in [0, 0.05) is 81.1 Å². The predicted octanol–water partition coefficient (Wildman–Crippen LogP) is 26.8. The van der Waals surface area contributed by atoms with Gasteiger partial charge in [-0.1, -0.05) is 116 Å². The molecule has 0 aliphatic heterocycles. The number of allylic oxidation sites excluding steroid dienone is 6. The molecule has 0 unspecified atom stereocenters. The Kier molecular flexibility index (Phi) is 34.6. The lowest BCUT2D eigenvalue weighted by molar-refractivity contribution is 0.0975. The average molecular weight is 1380 g/mol. The fraction of sp³-hybridized carbons (Fsp3) is 0.377. The van der Waals surface area contributed by atoms with Gasteiger partial charge in [0.05, 0.1) is 21.9 Å². The largest absolute Gasteiger partial charge is 0.293 e. The van der Waals surface area contributed by atoms with E-state index < -0.39 is 0 Å². The molecule has 0 fully saturated rings. The Morgan fingerprint density at radius 2 is 0.559 bits per heavy atom. The van der Waals surface area contributed by atoms with Crippen LogP contribution in [0.5, 0.6) is 0 Å². The molecule has 8 rings (SSSR count). The zero-order chi connectivity index (χ0) is 66.4. The highest BCUT2D eigenvalue weighted by Gasteiger charge is 2.19. The van der Waals surface area contributed by atoms with Gasteiger partial charge in [-0.25, -0.2) is 0 Å². The van der Waals surface area contributed by atoms with Gasteiger partial charge < -0.3 is 0 Å². The van der Waals surface area contributed by atoms with E-state index >= 15 is 0 Å². The first kappa shape index (κ1) is 74.9. The molecule has 8 aromatic rings. The first-order valence-corrected chi connectivity index (χ1v) is 39.0. The number of Topliss-reactive ketones (excluding diaryl/α,β-unsaturated/α-hetero) is 2. The first-order chi connectivity index (χ1) is 45.6. The summed E-state index contributed by atoms with van der Waals surface area (Å²) in [6, 6.07) is 45.7. The minimum absolute atomic E-state index is 0. The lowest BCUT2D eigenvalue weighted by atomic mass is 10.00. The zero-order valence-electron chi connectivity index (χ0n) is 53.7. The lowest BCUT2D eigenvalue weighted by Gasteiger charge is -2.06. The normalized spacial score (nSPS) is 10.5. The van der Waals surface area contributed by atoms with Crippen molar-refractivity contribution in [2.45, 2.75) is 187 Å². The summed E-state index contributed by atoms with van der Waals surface area (Å²) in [5.74, 6) is 0.549. The number of thiophene rings is 8. The molecule has 0 saturated carbocycles. The van der Waals surface area contributed by atoms with Crippen LogP contribution in [0.4, 0.5) is 0 Å². The number of carbonyl (C=O) groups excluding carboxylic acids is 2. The van der Waals surface area contributed by atoms with E-state index in [-0.39, 0.29) is 29.1 Å². The highest BCUT2D eigenvalue weighted by atomic mass is 32.1. The van der Waals surface area contributed by atoms with Gasteiger partial charge in [0.1, 0.15) is 41.8 Å². The quantitative estimate of drug-likeness (QED) is 0.0159. The molecular weight excluding hydrogens is 1300 g/mol. The van der Waals surface area contributed by atoms with Crippen molar-refractivity contribution in [3.05, 3.63) is 153 Å². The molecule has 16 heteroatoms. The van der Waals surface area contributed by atoms with Crippen LogP contribution in [0, 0.1) is 68.0 Å². The number of ketones is 2. The van der Waals surface area contributed by atoms with Crippen LogP contribution in [0.3, 0.4) is 0 Å². The molecule has 0 atom stereocenters. The van der Waals surface area contributed by atoms with Crippen molar-refractivity contribution >= 4 is 113 Å². The second kappa shape index (κ2) is 42.9. The van der Waals surface area contributed by atoms with Crippen LogP contribution in [-0.4, -0.2) is 11.6 Å². The van der Waals surface area contributed by atoms with Gasteiger partial charge in [0.15, 0.2) is 11.6 Å². The minimum atomic E-state index is 0. The molecule has 0 spiro atoms. The topological polar surface area (TPSA) is 177 Å². The van der Waals surface area contributed by atoms with E-state index in [1.54, 1.807) is 103 Å². The summed E-state index contributed by atoms with van der Waals surface area (Å²) < 4.78 is 0. The van der Waals surface area contributed by atoms with E-state index in [0.29, 0.717) is 12.8 Å². The summed E-state index contributed by atoms with van der Waals surface area (Å²) in [4.78, 5) is 43.3. The van der Waals surface area contributed by atoms with E-state index in [4.69, 9.17) is 10.5 Å². The third-order valence-electron chi connectivity index (χ3n) is 15.3. The lowest BCUT2D eigenvalue weighted by Crippen LogP contribution is -1.95. The molecule has 8 heterocycles. The average Bonchev–Trinajstić information content (AvgIpc) is 1.73. The molecular formula is C77H82N6O2S8. The van der Waals surface area contributed by atoms with Crippen LogP contribution in [-0.2, 0) is 0 Å². The minimum Gasteiger partial charge on any atom is -0.293 e. The van der Waals surface area contributed by atoms with Crippen LogP contribution in [0.15, 0.2) is 134 Å². The molecule has 0 saturated heterocycles. The Morgan fingerprint density at radius 3 is 0.828 bits per heavy atom. The van der Waals surface area contributed by atoms with Gasteiger partial charge in [-0.2, -0.15) is 31.6 Å². The molecule has 0 N–H and O–H groups in total. The maximum Gasteiger partial charge on any atom is 0.172 e. The zero-order valence-corrected chi connectivity index (χ0v) is 60.2. The van der Waals surface area contributed by atoms with Crippen molar-refractivity contribution in [2.75, 3.05) is 0 Å². The number of hydrogen-bond acceptors (Lipinski definition) is 16. The number of rotatable bonds is 38. The number of nitriles is 6. The van der Waals surface area contributed by atoms with Crippen LogP contribution in [0.1, 0.15) is 216 Å². The molecule has 0 amide bonds. The second-order valence-corrected chi connectivity index (χ2v) is 31.0. The van der Waals surface area contributed by atoms with E-state index in [2.05, 4.69) is 136 Å². The Morgan fingerprint density at radius 1 is 0.323 bits per heavy atom. The third kappa shape index (κ3) is 24.3. The fourth-order valence-corrected chi connectivity index (χ4v) is 19.0. The fourth-order valence-electron chi connectivity index (χ4n) is 10.3. The van der Waals surface area contributed by atoms with Gasteiger partial charge in [-0.3, -0.25) is 9.59 Å². The van der Waals surface area contributed by atoms with Crippen molar-refractivity contribution in [1.29, 1.82) is 31.6 Å². The Balaban J connectivity index is 0.000000279. The maximum absolute atomic E-state index is 12.7. The summed E-state index contributed by atoms with van der Waals surface area (Å²) in [6.07, 6.45) is 31.8. The van der Waals surface area contributed by atoms with Crippen molar-refractivity contribution < 1.29 is 9.59 Å². The number of carbonyl (C=O) groups is 2. The first-order valence-electron chi connectivity index (χ1n) is 32.5. The summed E-state index contributed by atoms with van der Waals surface area (Å²) in [5.41, 5.74) is 2.18. The standard InChI is InChI=1S/C40H40N4S4.C34H40O2S4.C3H2N2/c1-3-5-7-9-10-11-12-14-16-32(30(27-43)28-44)34-18-20-36(46-34)38-22-24-40(48-38)39-23-21-37(47-39)35-19-17-33(45-35)31(29(25-41)26-42)15-13-8-6-4-2;1-3-5-7-9-10-11-12-14-16-26(36)28-18-20-30(38-28)32-22-24-34(40-32)33-23-21-31(39-33)29-19-17-27(37-29)25(35)15-13-8-6-4-2;4-2-1-3-5/h3,17-24H,1,4-16H2,2H3;3,17-24H,1,4-16H2,2H3;1H2. The number of hydrogen-bond donors (Lipinski definition) is 0. The smallest absolute Gasteiger partial charge is 0.172 e. The van der Waals surface area contributed by atoms with Gasteiger partial charge in [-0.05, 0) is 172 Å². The SMILES string of the molecule is C=CCCCCCCCCC(=C(C#N)C#N)c1ccc(-c2ccc(-c3ccc(-c4ccc(C(CCCCCC)=C(C#N)C#N)s4)s3)s2)s1.C=CCCCCCCCCC(=O)c1ccc(-c2ccc(-c3ccc(-c4ccc(C(=O)CCCCCC)s4)s3)s2)s1.N#CCC#N. The predicted molar refractivity (Wildman–Crippen MR) is 401 cm³/mol. The Labute approximate surface area is 584 Å². The van der Waals surface area contributed by atoms with Gasteiger partial charge in [0.25, 0.3) is 0 Å². The summed E-state index contributed by atoms with van der Waals surface area (Å²) in [5, 5.41) is 53.8. The Hall–Kier alpha value is -7.16. The number of nitrogens with zero attached hydrogens (tertiary/aromatic N) is 6. The highest BCUT2D eigenvalue weighted by molar-refractivity contribution is 7.30. The van der Waals surface area contributed by atoms with Crippen molar-refractivity contribution in [3.63, 3.8) is 0 Å². The Bertz CT molecular complexity index is 3940. The van der Waals surface area contributed by atoms with Crippen LogP contribution >= 0.6 is 90.7 Å². The molecule has 480 valence electrons. The van der Waals surface area contributed by atoms with Crippen LogP contribution in [0.2, 0.25) is 0 Å². The molecule has 0 bridgehead atoms. The van der Waals surface area contributed by atoms with Gasteiger partial charge >= 0.3 is 0 Å². The molecule has 0 radical (unpaired) electrons. The van der Waals surface area contributed by atoms with E-state index in [0.717, 1.165) is 130 Å². The molecule has 0 aliphatic carbocycles. The van der Waals surface area contributed by atoms with E-state index in [1.165, 1.54) is 113 Å². The van der Waals surface area contributed by atoms with Crippen molar-refractivity contribution in [2.24, 2.45) is 0 Å². The third-order valence-corrected chi connectivity index (χ3v) is 25.4. The van der Waals surface area contributed by atoms with Crippen LogP contribution < -0.4 is 0 Å². The maximum atomic E-state index is 12.7. The second-order valence-electron chi connectivity index (χ2n) is 22.3.